The summed E-state index contributed by atoms with van der Waals surface area (Å²) in [6, 6.07) is 14.7. The lowest BCUT2D eigenvalue weighted by atomic mass is 10.1. The molecule has 0 saturated heterocycles. The number of benzene rings is 2. The molecule has 0 unspecified atom stereocenters. The largest absolute Gasteiger partial charge is 0.489 e. The zero-order valence-electron chi connectivity index (χ0n) is 11.0. The van der Waals surface area contributed by atoms with E-state index in [0.29, 0.717) is 18.9 Å². The van der Waals surface area contributed by atoms with Gasteiger partial charge in [0.1, 0.15) is 6.61 Å². The van der Waals surface area contributed by atoms with Crippen molar-refractivity contribution in [2.75, 3.05) is 13.2 Å². The standard InChI is InChI=1S/C16H18FNO/c1-13-6-2-3-7-14(13)12-18-10-11-19-16-9-5-4-8-15(16)17/h2-9,18H,10-12H2,1H3. The molecule has 0 atom stereocenters. The molecule has 0 radical (unpaired) electrons. The number of halogens is 1. The van der Waals surface area contributed by atoms with Gasteiger partial charge in [0, 0.05) is 13.1 Å². The van der Waals surface area contributed by atoms with Crippen LogP contribution in [0, 0.1) is 12.7 Å². The predicted octanol–water partition coefficient (Wildman–Crippen LogP) is 3.30. The van der Waals surface area contributed by atoms with Crippen LogP contribution in [-0.4, -0.2) is 13.2 Å². The second-order valence-electron chi connectivity index (χ2n) is 4.38. The summed E-state index contributed by atoms with van der Waals surface area (Å²) in [6.45, 7) is 4.02. The van der Waals surface area contributed by atoms with Gasteiger partial charge in [-0.2, -0.15) is 0 Å². The van der Waals surface area contributed by atoms with Gasteiger partial charge in [0.05, 0.1) is 0 Å². The second-order valence-corrected chi connectivity index (χ2v) is 4.38. The highest BCUT2D eigenvalue weighted by molar-refractivity contribution is 5.25. The van der Waals surface area contributed by atoms with Crippen LogP contribution in [0.1, 0.15) is 11.1 Å². The van der Waals surface area contributed by atoms with Crippen LogP contribution >= 0.6 is 0 Å². The van der Waals surface area contributed by atoms with E-state index in [9.17, 15) is 4.39 Å². The molecule has 3 heteroatoms. The van der Waals surface area contributed by atoms with Crippen LogP contribution < -0.4 is 10.1 Å². The lowest BCUT2D eigenvalue weighted by molar-refractivity contribution is 0.298. The lowest BCUT2D eigenvalue weighted by Crippen LogP contribution is -2.21. The van der Waals surface area contributed by atoms with Crippen molar-refractivity contribution < 1.29 is 9.13 Å². The van der Waals surface area contributed by atoms with Crippen molar-refractivity contribution in [2.45, 2.75) is 13.5 Å². The Balaban J connectivity index is 1.71. The summed E-state index contributed by atoms with van der Waals surface area (Å²) in [5.74, 6) is -0.0124. The summed E-state index contributed by atoms with van der Waals surface area (Å²) in [4.78, 5) is 0. The van der Waals surface area contributed by atoms with E-state index in [2.05, 4.69) is 24.4 Å². The second kappa shape index (κ2) is 6.90. The van der Waals surface area contributed by atoms with Crippen molar-refractivity contribution in [1.29, 1.82) is 0 Å². The molecule has 0 spiro atoms. The van der Waals surface area contributed by atoms with Gasteiger partial charge >= 0.3 is 0 Å². The van der Waals surface area contributed by atoms with E-state index in [1.807, 2.05) is 12.1 Å². The van der Waals surface area contributed by atoms with Gasteiger partial charge in [0.2, 0.25) is 0 Å². The Morgan fingerprint density at radius 1 is 1.05 bits per heavy atom. The number of aryl methyl sites for hydroxylation is 1. The van der Waals surface area contributed by atoms with Crippen LogP contribution in [0.25, 0.3) is 0 Å². The van der Waals surface area contributed by atoms with Crippen LogP contribution in [0.2, 0.25) is 0 Å². The van der Waals surface area contributed by atoms with Crippen LogP contribution in [0.5, 0.6) is 5.75 Å². The Kier molecular flexibility index (Phi) is 4.93. The fraction of sp³-hybridized carbons (Fsp3) is 0.250. The molecule has 0 heterocycles. The number of ether oxygens (including phenoxy) is 1. The Bertz CT molecular complexity index is 480. The van der Waals surface area contributed by atoms with Crippen molar-refractivity contribution >= 4 is 0 Å². The van der Waals surface area contributed by atoms with Crippen molar-refractivity contribution in [3.05, 3.63) is 65.5 Å². The molecule has 19 heavy (non-hydrogen) atoms. The fourth-order valence-corrected chi connectivity index (χ4v) is 1.83. The predicted molar refractivity (Wildman–Crippen MR) is 74.8 cm³/mol. The molecule has 100 valence electrons. The zero-order chi connectivity index (χ0) is 13.5. The third-order valence-electron chi connectivity index (χ3n) is 2.95. The average molecular weight is 259 g/mol. The summed E-state index contributed by atoms with van der Waals surface area (Å²) in [6.07, 6.45) is 0. The molecule has 0 bridgehead atoms. The maximum absolute atomic E-state index is 13.3. The van der Waals surface area contributed by atoms with Gasteiger partial charge in [-0.3, -0.25) is 0 Å². The molecule has 2 rings (SSSR count). The highest BCUT2D eigenvalue weighted by Gasteiger charge is 2.00. The summed E-state index contributed by atoms with van der Waals surface area (Å²) >= 11 is 0. The molecule has 0 aliphatic heterocycles. The Hall–Kier alpha value is -1.87. The molecule has 0 saturated carbocycles. The zero-order valence-corrected chi connectivity index (χ0v) is 11.0. The minimum absolute atomic E-state index is 0.306. The first-order valence-corrected chi connectivity index (χ1v) is 6.40. The van der Waals surface area contributed by atoms with E-state index >= 15 is 0 Å². The summed E-state index contributed by atoms with van der Waals surface area (Å²) in [5, 5.41) is 3.28. The molecular weight excluding hydrogens is 241 g/mol. The van der Waals surface area contributed by atoms with Crippen LogP contribution in [0.15, 0.2) is 48.5 Å². The highest BCUT2D eigenvalue weighted by atomic mass is 19.1. The van der Waals surface area contributed by atoms with Crippen molar-refractivity contribution in [1.82, 2.24) is 5.32 Å². The van der Waals surface area contributed by atoms with E-state index in [1.54, 1.807) is 18.2 Å². The summed E-state index contributed by atoms with van der Waals surface area (Å²) in [5.41, 5.74) is 2.54. The SMILES string of the molecule is Cc1ccccc1CNCCOc1ccccc1F. The highest BCUT2D eigenvalue weighted by Crippen LogP contribution is 2.14. The van der Waals surface area contributed by atoms with Crippen LogP contribution in [-0.2, 0) is 6.54 Å². The molecule has 0 aliphatic rings. The van der Waals surface area contributed by atoms with Crippen molar-refractivity contribution in [2.24, 2.45) is 0 Å². The fourth-order valence-electron chi connectivity index (χ4n) is 1.83. The molecule has 0 aliphatic carbocycles. The minimum Gasteiger partial charge on any atom is -0.489 e. The molecule has 1 N–H and O–H groups in total. The number of rotatable bonds is 6. The van der Waals surface area contributed by atoms with Gasteiger partial charge in [-0.05, 0) is 30.2 Å². The number of para-hydroxylation sites is 1. The van der Waals surface area contributed by atoms with E-state index in [-0.39, 0.29) is 5.82 Å². The van der Waals surface area contributed by atoms with Crippen molar-refractivity contribution in [3.8, 4) is 5.75 Å². The third kappa shape index (κ3) is 4.07. The number of nitrogens with one attached hydrogen (secondary N) is 1. The number of hydrogen-bond acceptors (Lipinski definition) is 2. The first kappa shape index (κ1) is 13.6. The molecule has 2 aromatic carbocycles. The molecule has 0 aromatic heterocycles. The minimum atomic E-state index is -0.318. The molecule has 2 nitrogen and oxygen atoms in total. The topological polar surface area (TPSA) is 21.3 Å². The first-order chi connectivity index (χ1) is 9.27. The van der Waals surface area contributed by atoms with E-state index in [0.717, 1.165) is 6.54 Å². The smallest absolute Gasteiger partial charge is 0.165 e. The van der Waals surface area contributed by atoms with Crippen LogP contribution in [0.3, 0.4) is 0 Å². The number of hydrogen-bond donors (Lipinski definition) is 1. The van der Waals surface area contributed by atoms with Crippen molar-refractivity contribution in [3.63, 3.8) is 0 Å². The maximum Gasteiger partial charge on any atom is 0.165 e. The van der Waals surface area contributed by atoms with Gasteiger partial charge in [0.15, 0.2) is 11.6 Å². The van der Waals surface area contributed by atoms with E-state index < -0.39 is 0 Å². The molecular formula is C16H18FNO. The Labute approximate surface area is 113 Å². The van der Waals surface area contributed by atoms with Gasteiger partial charge in [-0.1, -0.05) is 36.4 Å². The van der Waals surface area contributed by atoms with E-state index in [4.69, 9.17) is 4.74 Å². The van der Waals surface area contributed by atoms with Gasteiger partial charge < -0.3 is 10.1 Å². The first-order valence-electron chi connectivity index (χ1n) is 6.40. The average Bonchev–Trinajstić information content (AvgIpc) is 2.42. The van der Waals surface area contributed by atoms with E-state index in [1.165, 1.54) is 17.2 Å². The molecule has 0 fully saturated rings. The quantitative estimate of drug-likeness (QED) is 0.804. The van der Waals surface area contributed by atoms with Gasteiger partial charge in [-0.25, -0.2) is 4.39 Å². The summed E-state index contributed by atoms with van der Waals surface area (Å²) in [7, 11) is 0. The maximum atomic E-state index is 13.3. The summed E-state index contributed by atoms with van der Waals surface area (Å²) < 4.78 is 18.6. The lowest BCUT2D eigenvalue weighted by Gasteiger charge is -2.09. The van der Waals surface area contributed by atoms with Crippen LogP contribution in [0.4, 0.5) is 4.39 Å². The molecule has 0 amide bonds. The van der Waals surface area contributed by atoms with Gasteiger partial charge in [-0.15, -0.1) is 0 Å². The van der Waals surface area contributed by atoms with Gasteiger partial charge in [0.25, 0.3) is 0 Å². The Morgan fingerprint density at radius 3 is 2.58 bits per heavy atom. The Morgan fingerprint density at radius 2 is 1.79 bits per heavy atom. The third-order valence-corrected chi connectivity index (χ3v) is 2.95. The monoisotopic (exact) mass is 259 g/mol. The molecule has 2 aromatic rings. The normalized spacial score (nSPS) is 10.4.